The molecule has 0 saturated carbocycles. The van der Waals surface area contributed by atoms with Crippen LogP contribution >= 0.6 is 0 Å². The molecule has 2 atom stereocenters. The summed E-state index contributed by atoms with van der Waals surface area (Å²) in [6, 6.07) is 12.3. The fourth-order valence-corrected chi connectivity index (χ4v) is 3.40. The van der Waals surface area contributed by atoms with Gasteiger partial charge in [0.15, 0.2) is 0 Å². The van der Waals surface area contributed by atoms with Crippen molar-refractivity contribution in [2.24, 2.45) is 5.92 Å². The molecule has 1 aliphatic rings. The molecule has 4 rings (SSSR count). The second kappa shape index (κ2) is 6.90. The molecular weight excluding hydrogens is 352 g/mol. The van der Waals surface area contributed by atoms with E-state index in [-0.39, 0.29) is 17.4 Å². The van der Waals surface area contributed by atoms with Crippen LogP contribution in [0.1, 0.15) is 29.1 Å². The van der Waals surface area contributed by atoms with Crippen LogP contribution in [0, 0.1) is 17.6 Å². The zero-order valence-electron chi connectivity index (χ0n) is 14.6. The number of hydrogen-bond acceptors (Lipinski definition) is 4. The quantitative estimate of drug-likeness (QED) is 0.703. The van der Waals surface area contributed by atoms with Gasteiger partial charge < -0.3 is 9.42 Å². The summed E-state index contributed by atoms with van der Waals surface area (Å²) in [6.45, 7) is 2.79. The summed E-state index contributed by atoms with van der Waals surface area (Å²) >= 11 is 0. The van der Waals surface area contributed by atoms with Crippen LogP contribution in [0.3, 0.4) is 0 Å². The molecule has 1 amide bonds. The van der Waals surface area contributed by atoms with E-state index in [1.54, 1.807) is 4.90 Å². The van der Waals surface area contributed by atoms with Gasteiger partial charge in [0.25, 0.3) is 5.91 Å². The predicted octanol–water partition coefficient (Wildman–Crippen LogP) is 3.89. The van der Waals surface area contributed by atoms with Crippen molar-refractivity contribution in [2.45, 2.75) is 12.8 Å². The van der Waals surface area contributed by atoms with Gasteiger partial charge in [0.2, 0.25) is 11.7 Å². The Balaban J connectivity index is 1.53. The average molecular weight is 369 g/mol. The third kappa shape index (κ3) is 3.45. The molecule has 5 nitrogen and oxygen atoms in total. The lowest BCUT2D eigenvalue weighted by Crippen LogP contribution is -2.29. The number of halogens is 2. The summed E-state index contributed by atoms with van der Waals surface area (Å²) in [5.41, 5.74) is 0.845. The summed E-state index contributed by atoms with van der Waals surface area (Å²) in [5.74, 6) is -1.05. The highest BCUT2D eigenvalue weighted by Gasteiger charge is 2.37. The van der Waals surface area contributed by atoms with Crippen LogP contribution in [0.15, 0.2) is 53.1 Å². The molecule has 0 spiro atoms. The minimum atomic E-state index is -0.772. The Kier molecular flexibility index (Phi) is 4.43. The molecular formula is C20H17F2N3O2. The molecule has 1 aromatic heterocycles. The van der Waals surface area contributed by atoms with E-state index in [1.165, 1.54) is 0 Å². The van der Waals surface area contributed by atoms with Crippen LogP contribution in [0.5, 0.6) is 0 Å². The highest BCUT2D eigenvalue weighted by Crippen LogP contribution is 2.33. The van der Waals surface area contributed by atoms with Crippen LogP contribution in [-0.2, 0) is 0 Å². The SMILES string of the molecule is C[C@H]1CN(C(=O)c2cc(F)cc(F)c2)C[C@@H]1c1nc(-c2ccccc2)no1. The predicted molar refractivity (Wildman–Crippen MR) is 93.9 cm³/mol. The van der Waals surface area contributed by atoms with Crippen molar-refractivity contribution in [3.63, 3.8) is 0 Å². The summed E-state index contributed by atoms with van der Waals surface area (Å²) in [4.78, 5) is 18.7. The monoisotopic (exact) mass is 369 g/mol. The van der Waals surface area contributed by atoms with Crippen LogP contribution in [-0.4, -0.2) is 34.0 Å². The van der Waals surface area contributed by atoms with Gasteiger partial charge in [-0.05, 0) is 18.1 Å². The minimum Gasteiger partial charge on any atom is -0.339 e. The van der Waals surface area contributed by atoms with Gasteiger partial charge >= 0.3 is 0 Å². The molecule has 1 saturated heterocycles. The number of likely N-dealkylation sites (tertiary alicyclic amines) is 1. The number of nitrogens with zero attached hydrogens (tertiary/aromatic N) is 3. The Labute approximate surface area is 154 Å². The topological polar surface area (TPSA) is 59.2 Å². The Morgan fingerprint density at radius 2 is 1.81 bits per heavy atom. The smallest absolute Gasteiger partial charge is 0.254 e. The highest BCUT2D eigenvalue weighted by atomic mass is 19.1. The molecule has 0 radical (unpaired) electrons. The highest BCUT2D eigenvalue weighted by molar-refractivity contribution is 5.94. The maximum atomic E-state index is 13.4. The molecule has 2 aromatic carbocycles. The lowest BCUT2D eigenvalue weighted by Gasteiger charge is -2.16. The zero-order valence-corrected chi connectivity index (χ0v) is 14.6. The van der Waals surface area contributed by atoms with Gasteiger partial charge in [-0.3, -0.25) is 4.79 Å². The number of benzene rings is 2. The minimum absolute atomic E-state index is 0.00384. The molecule has 0 N–H and O–H groups in total. The van der Waals surface area contributed by atoms with E-state index in [1.807, 2.05) is 37.3 Å². The maximum Gasteiger partial charge on any atom is 0.254 e. The zero-order chi connectivity index (χ0) is 19.0. The van der Waals surface area contributed by atoms with E-state index < -0.39 is 17.5 Å². The molecule has 2 heterocycles. The Morgan fingerprint density at radius 1 is 1.11 bits per heavy atom. The van der Waals surface area contributed by atoms with Gasteiger partial charge in [0, 0.05) is 30.3 Å². The number of carbonyl (C=O) groups is 1. The number of hydrogen-bond donors (Lipinski definition) is 0. The summed E-state index contributed by atoms with van der Waals surface area (Å²) in [7, 11) is 0. The normalized spacial score (nSPS) is 19.4. The first-order valence-electron chi connectivity index (χ1n) is 8.65. The number of carbonyl (C=O) groups excluding carboxylic acids is 1. The Bertz CT molecular complexity index is 954. The first-order chi connectivity index (χ1) is 13.0. The molecule has 3 aromatic rings. The molecule has 7 heteroatoms. The van der Waals surface area contributed by atoms with Crippen molar-refractivity contribution in [3.8, 4) is 11.4 Å². The van der Waals surface area contributed by atoms with Crippen LogP contribution in [0.4, 0.5) is 8.78 Å². The summed E-state index contributed by atoms with van der Waals surface area (Å²) in [5, 5.41) is 4.03. The van der Waals surface area contributed by atoms with E-state index in [9.17, 15) is 13.6 Å². The van der Waals surface area contributed by atoms with Crippen LogP contribution in [0.25, 0.3) is 11.4 Å². The van der Waals surface area contributed by atoms with E-state index in [0.717, 1.165) is 23.8 Å². The molecule has 0 bridgehead atoms. The van der Waals surface area contributed by atoms with E-state index in [0.29, 0.717) is 24.8 Å². The first kappa shape index (κ1) is 17.3. The lowest BCUT2D eigenvalue weighted by atomic mass is 9.98. The van der Waals surface area contributed by atoms with E-state index >= 15 is 0 Å². The third-order valence-electron chi connectivity index (χ3n) is 4.80. The second-order valence-corrected chi connectivity index (χ2v) is 6.77. The maximum absolute atomic E-state index is 13.4. The van der Waals surface area contributed by atoms with Crippen LogP contribution in [0.2, 0.25) is 0 Å². The van der Waals surface area contributed by atoms with Gasteiger partial charge in [-0.1, -0.05) is 42.4 Å². The number of amides is 1. The van der Waals surface area contributed by atoms with Crippen molar-refractivity contribution in [1.29, 1.82) is 0 Å². The number of rotatable bonds is 3. The van der Waals surface area contributed by atoms with Crippen molar-refractivity contribution < 1.29 is 18.1 Å². The third-order valence-corrected chi connectivity index (χ3v) is 4.80. The van der Waals surface area contributed by atoms with Crippen molar-refractivity contribution in [3.05, 3.63) is 71.6 Å². The lowest BCUT2D eigenvalue weighted by molar-refractivity contribution is 0.0785. The van der Waals surface area contributed by atoms with E-state index in [4.69, 9.17) is 4.52 Å². The fraction of sp³-hybridized carbons (Fsp3) is 0.250. The summed E-state index contributed by atoms with van der Waals surface area (Å²) in [6.07, 6.45) is 0. The molecule has 1 aliphatic heterocycles. The molecule has 1 fully saturated rings. The van der Waals surface area contributed by atoms with Gasteiger partial charge in [-0.2, -0.15) is 4.98 Å². The van der Waals surface area contributed by atoms with E-state index in [2.05, 4.69) is 10.1 Å². The molecule has 27 heavy (non-hydrogen) atoms. The fourth-order valence-electron chi connectivity index (χ4n) is 3.40. The van der Waals surface area contributed by atoms with Crippen molar-refractivity contribution in [2.75, 3.05) is 13.1 Å². The number of aromatic nitrogens is 2. The second-order valence-electron chi connectivity index (χ2n) is 6.77. The average Bonchev–Trinajstić information content (AvgIpc) is 3.27. The molecule has 0 aliphatic carbocycles. The van der Waals surface area contributed by atoms with Gasteiger partial charge in [0.1, 0.15) is 11.6 Å². The Morgan fingerprint density at radius 3 is 2.52 bits per heavy atom. The van der Waals surface area contributed by atoms with Crippen molar-refractivity contribution in [1.82, 2.24) is 15.0 Å². The molecule has 0 unspecified atom stereocenters. The standard InChI is InChI=1S/C20H17F2N3O2/c1-12-10-25(20(26)14-7-15(21)9-16(22)8-14)11-17(12)19-23-18(24-27-19)13-5-3-2-4-6-13/h2-9,12,17H,10-11H2,1H3/t12-,17-/m0/s1. The first-order valence-corrected chi connectivity index (χ1v) is 8.65. The van der Waals surface area contributed by atoms with Gasteiger partial charge in [-0.25, -0.2) is 8.78 Å². The summed E-state index contributed by atoms with van der Waals surface area (Å²) < 4.78 is 32.3. The van der Waals surface area contributed by atoms with Gasteiger partial charge in [0.05, 0.1) is 5.92 Å². The van der Waals surface area contributed by atoms with Crippen molar-refractivity contribution >= 4 is 5.91 Å². The van der Waals surface area contributed by atoms with Crippen LogP contribution < -0.4 is 0 Å². The molecule has 138 valence electrons. The van der Waals surface area contributed by atoms with Gasteiger partial charge in [-0.15, -0.1) is 0 Å². The largest absolute Gasteiger partial charge is 0.339 e. The Hall–Kier alpha value is -3.09.